The van der Waals surface area contributed by atoms with Crippen LogP contribution in [0.2, 0.25) is 0 Å². The molecule has 1 heterocycles. The molecule has 2 unspecified atom stereocenters. The molecule has 1 saturated carbocycles. The number of halogens is 1. The maximum atomic E-state index is 13.8. The number of aryl methyl sites for hydroxylation is 1. The van der Waals surface area contributed by atoms with E-state index in [1.54, 1.807) is 12.1 Å². The Bertz CT molecular complexity index is 1270. The molecule has 1 aliphatic heterocycles. The van der Waals surface area contributed by atoms with Crippen molar-refractivity contribution in [3.8, 4) is 5.75 Å². The van der Waals surface area contributed by atoms with E-state index in [1.807, 2.05) is 42.5 Å². The number of nitrogens with two attached hydrogens (primary N) is 1. The van der Waals surface area contributed by atoms with E-state index in [9.17, 15) is 9.59 Å². The number of benzene rings is 3. The number of anilines is 1. The Kier molecular flexibility index (Phi) is 8.05. The van der Waals surface area contributed by atoms with Gasteiger partial charge in [-0.3, -0.25) is 4.79 Å². The van der Waals surface area contributed by atoms with E-state index < -0.39 is 17.4 Å². The van der Waals surface area contributed by atoms with Crippen molar-refractivity contribution in [2.24, 2.45) is 11.7 Å². The quantitative estimate of drug-likeness (QED) is 0.309. The summed E-state index contributed by atoms with van der Waals surface area (Å²) in [6.45, 7) is 4.15. The van der Waals surface area contributed by atoms with Crippen LogP contribution < -0.4 is 15.8 Å². The highest BCUT2D eigenvalue weighted by Crippen LogP contribution is 2.53. The largest absolute Gasteiger partial charge is 0.425 e. The topological polar surface area (TPSA) is 81.4 Å². The van der Waals surface area contributed by atoms with E-state index in [1.165, 1.54) is 12.0 Å². The Morgan fingerprint density at radius 1 is 1.00 bits per heavy atom. The van der Waals surface area contributed by atoms with Crippen LogP contribution in [-0.2, 0) is 21.4 Å². The van der Waals surface area contributed by atoms with Crippen molar-refractivity contribution in [3.63, 3.8) is 0 Å². The van der Waals surface area contributed by atoms with Crippen molar-refractivity contribution in [1.29, 1.82) is 0 Å². The molecule has 1 fully saturated rings. The first-order valence-corrected chi connectivity index (χ1v) is 12.9. The van der Waals surface area contributed by atoms with Crippen LogP contribution in [-0.4, -0.2) is 17.9 Å². The van der Waals surface area contributed by atoms with Crippen LogP contribution in [0.4, 0.5) is 5.69 Å². The number of carbonyl (C=O) groups is 2. The molecule has 1 amide bonds. The standard InChI is InChI=1S/C31H34N2O3.ClH/c1-20-13-18-26-28(21(20)2)33-30(35)31(26,23-11-7-4-8-12-23)24-14-16-25(17-15-24)36-29(34)27(32)19-22-9-5-3-6-10-22;/h3,5-6,9-10,13-18,23,27H,4,7-8,11-12,19,32H2,1-2H3,(H,33,35);1H. The lowest BCUT2D eigenvalue weighted by Crippen LogP contribution is -2.43. The first-order chi connectivity index (χ1) is 17.4. The molecular formula is C31H35ClN2O3. The summed E-state index contributed by atoms with van der Waals surface area (Å²) in [5, 5.41) is 3.24. The lowest BCUT2D eigenvalue weighted by molar-refractivity contribution is -0.135. The van der Waals surface area contributed by atoms with Gasteiger partial charge in [0.25, 0.3) is 0 Å². The van der Waals surface area contributed by atoms with Gasteiger partial charge in [0.05, 0.1) is 0 Å². The molecule has 0 aromatic heterocycles. The summed E-state index contributed by atoms with van der Waals surface area (Å²) in [4.78, 5) is 26.5. The highest BCUT2D eigenvalue weighted by atomic mass is 35.5. The first kappa shape index (κ1) is 26.9. The molecule has 0 spiro atoms. The zero-order chi connectivity index (χ0) is 25.3. The summed E-state index contributed by atoms with van der Waals surface area (Å²) in [5.41, 5.74) is 11.6. The molecule has 194 valence electrons. The lowest BCUT2D eigenvalue weighted by atomic mass is 9.62. The van der Waals surface area contributed by atoms with E-state index in [4.69, 9.17) is 10.5 Å². The number of ether oxygens (including phenoxy) is 1. The molecule has 2 atom stereocenters. The van der Waals surface area contributed by atoms with Crippen molar-refractivity contribution in [3.05, 3.63) is 94.5 Å². The van der Waals surface area contributed by atoms with E-state index in [0.29, 0.717) is 12.2 Å². The van der Waals surface area contributed by atoms with Gasteiger partial charge < -0.3 is 15.8 Å². The van der Waals surface area contributed by atoms with Crippen LogP contribution in [0.3, 0.4) is 0 Å². The monoisotopic (exact) mass is 518 g/mol. The SMILES string of the molecule is Cc1ccc2c(c1C)NC(=O)C2(c1ccc(OC(=O)C(N)Cc2ccccc2)cc1)C1CCCCC1.Cl. The molecule has 6 heteroatoms. The van der Waals surface area contributed by atoms with E-state index in [2.05, 4.69) is 31.3 Å². The smallest absolute Gasteiger partial charge is 0.328 e. The second-order valence-corrected chi connectivity index (χ2v) is 10.3. The molecule has 3 aromatic carbocycles. The Morgan fingerprint density at radius 2 is 1.68 bits per heavy atom. The van der Waals surface area contributed by atoms with E-state index in [-0.39, 0.29) is 24.2 Å². The molecule has 3 N–H and O–H groups in total. The zero-order valence-electron chi connectivity index (χ0n) is 21.5. The van der Waals surface area contributed by atoms with Gasteiger partial charge in [0, 0.05) is 5.69 Å². The maximum absolute atomic E-state index is 13.8. The van der Waals surface area contributed by atoms with Crippen LogP contribution in [0.15, 0.2) is 66.7 Å². The average molecular weight is 519 g/mol. The maximum Gasteiger partial charge on any atom is 0.328 e. The van der Waals surface area contributed by atoms with Crippen LogP contribution >= 0.6 is 12.4 Å². The summed E-state index contributed by atoms with van der Waals surface area (Å²) < 4.78 is 5.61. The minimum Gasteiger partial charge on any atom is -0.425 e. The minimum atomic E-state index is -0.751. The number of rotatable bonds is 6. The molecule has 5 nitrogen and oxygen atoms in total. The van der Waals surface area contributed by atoms with Crippen molar-refractivity contribution in [1.82, 2.24) is 0 Å². The van der Waals surface area contributed by atoms with Gasteiger partial charge >= 0.3 is 5.97 Å². The van der Waals surface area contributed by atoms with Crippen molar-refractivity contribution in [2.45, 2.75) is 63.8 Å². The number of hydrogen-bond acceptors (Lipinski definition) is 4. The fourth-order valence-electron chi connectivity index (χ4n) is 6.03. The van der Waals surface area contributed by atoms with Gasteiger partial charge in [0.1, 0.15) is 17.2 Å². The van der Waals surface area contributed by atoms with Crippen molar-refractivity contribution >= 4 is 30.0 Å². The highest BCUT2D eigenvalue weighted by Gasteiger charge is 2.53. The lowest BCUT2D eigenvalue weighted by Gasteiger charge is -2.39. The third-order valence-electron chi connectivity index (χ3n) is 8.10. The average Bonchev–Trinajstić information content (AvgIpc) is 3.21. The van der Waals surface area contributed by atoms with Crippen molar-refractivity contribution in [2.75, 3.05) is 5.32 Å². The third kappa shape index (κ3) is 4.90. The molecule has 0 saturated heterocycles. The Labute approximate surface area is 225 Å². The number of amides is 1. The highest BCUT2D eigenvalue weighted by molar-refractivity contribution is 6.10. The number of fused-ring (bicyclic) bond motifs is 1. The second-order valence-electron chi connectivity index (χ2n) is 10.3. The van der Waals surface area contributed by atoms with Gasteiger partial charge in [0.15, 0.2) is 0 Å². The van der Waals surface area contributed by atoms with Crippen molar-refractivity contribution < 1.29 is 14.3 Å². The second kappa shape index (κ2) is 11.1. The summed E-state index contributed by atoms with van der Waals surface area (Å²) in [5.74, 6) is 0.239. The number of esters is 1. The molecule has 2 aliphatic rings. The fraction of sp³-hybridized carbons (Fsp3) is 0.355. The zero-order valence-corrected chi connectivity index (χ0v) is 22.3. The van der Waals surface area contributed by atoms with Crippen LogP contribution in [0.25, 0.3) is 0 Å². The van der Waals surface area contributed by atoms with Gasteiger partial charge in [-0.15, -0.1) is 12.4 Å². The molecule has 5 rings (SSSR count). The molecular weight excluding hydrogens is 484 g/mol. The molecule has 1 aliphatic carbocycles. The van der Waals surface area contributed by atoms with E-state index in [0.717, 1.165) is 53.6 Å². The van der Waals surface area contributed by atoms with Gasteiger partial charge in [-0.05, 0) is 79.0 Å². The predicted octanol–water partition coefficient (Wildman–Crippen LogP) is 6.02. The normalized spacial score (nSPS) is 19.9. The number of hydrogen-bond donors (Lipinski definition) is 2. The number of carbonyl (C=O) groups excluding carboxylic acids is 2. The molecule has 0 radical (unpaired) electrons. The van der Waals surface area contributed by atoms with Gasteiger partial charge in [0.2, 0.25) is 5.91 Å². The van der Waals surface area contributed by atoms with Gasteiger partial charge in [-0.1, -0.05) is 73.9 Å². The Balaban J connectivity index is 0.00000320. The van der Waals surface area contributed by atoms with E-state index >= 15 is 0 Å². The van der Waals surface area contributed by atoms with Crippen LogP contribution in [0.5, 0.6) is 5.75 Å². The van der Waals surface area contributed by atoms with Gasteiger partial charge in [-0.25, -0.2) is 4.79 Å². The molecule has 0 bridgehead atoms. The summed E-state index contributed by atoms with van der Waals surface area (Å²) in [7, 11) is 0. The molecule has 3 aromatic rings. The minimum absolute atomic E-state index is 0. The Hall–Kier alpha value is -3.15. The predicted molar refractivity (Wildman–Crippen MR) is 149 cm³/mol. The van der Waals surface area contributed by atoms with Gasteiger partial charge in [-0.2, -0.15) is 0 Å². The molecule has 37 heavy (non-hydrogen) atoms. The first-order valence-electron chi connectivity index (χ1n) is 12.9. The Morgan fingerprint density at radius 3 is 2.35 bits per heavy atom. The summed E-state index contributed by atoms with van der Waals surface area (Å²) in [6.07, 6.45) is 5.93. The van der Waals surface area contributed by atoms with Crippen LogP contribution in [0, 0.1) is 19.8 Å². The van der Waals surface area contributed by atoms with Crippen LogP contribution in [0.1, 0.15) is 59.9 Å². The third-order valence-corrected chi connectivity index (χ3v) is 8.10. The fourth-order valence-corrected chi connectivity index (χ4v) is 6.03. The number of nitrogens with one attached hydrogen (secondary N) is 1. The summed E-state index contributed by atoms with van der Waals surface area (Å²) in [6, 6.07) is 20.6. The summed E-state index contributed by atoms with van der Waals surface area (Å²) >= 11 is 0.